The average Bonchev–Trinajstić information content (AvgIpc) is 2.83. The molecule has 0 aromatic carbocycles. The van der Waals surface area contributed by atoms with Crippen molar-refractivity contribution in [3.63, 3.8) is 0 Å². The highest BCUT2D eigenvalue weighted by Gasteiger charge is 2.44. The fraction of sp³-hybridized carbons (Fsp3) is 0.538. The summed E-state index contributed by atoms with van der Waals surface area (Å²) in [6, 6.07) is 0. The Kier molecular flexibility index (Phi) is 5.69. The molecule has 0 radical (unpaired) electrons. The molecule has 2 heterocycles. The summed E-state index contributed by atoms with van der Waals surface area (Å²) in [5.41, 5.74) is -2.72. The molecule has 1 saturated heterocycles. The van der Waals surface area contributed by atoms with E-state index in [1.807, 2.05) is 4.98 Å². The number of amides is 2. The molecule has 12 heteroatoms. The summed E-state index contributed by atoms with van der Waals surface area (Å²) in [6.45, 7) is 0.888. The highest BCUT2D eigenvalue weighted by atomic mass is 16.6. The van der Waals surface area contributed by atoms with Crippen LogP contribution in [0.5, 0.6) is 0 Å². The normalized spacial score (nSPS) is 25.6. The number of aromatic amines is 1. The van der Waals surface area contributed by atoms with Crippen LogP contribution in [-0.2, 0) is 9.47 Å². The van der Waals surface area contributed by atoms with Crippen molar-refractivity contribution >= 4 is 12.0 Å². The summed E-state index contributed by atoms with van der Waals surface area (Å²) >= 11 is 0. The number of aliphatic hydroxyl groups is 3. The van der Waals surface area contributed by atoms with Crippen molar-refractivity contribution in [1.82, 2.24) is 14.9 Å². The summed E-state index contributed by atoms with van der Waals surface area (Å²) in [5, 5.41) is 30.5. The lowest BCUT2D eigenvalue weighted by Gasteiger charge is -2.17. The summed E-state index contributed by atoms with van der Waals surface area (Å²) in [7, 11) is 0. The van der Waals surface area contributed by atoms with Gasteiger partial charge in [0.15, 0.2) is 6.23 Å². The third-order valence-electron chi connectivity index (χ3n) is 3.49. The van der Waals surface area contributed by atoms with Crippen molar-refractivity contribution in [3.8, 4) is 0 Å². The van der Waals surface area contributed by atoms with Crippen molar-refractivity contribution in [2.45, 2.75) is 31.5 Å². The zero-order valence-corrected chi connectivity index (χ0v) is 13.0. The van der Waals surface area contributed by atoms with Crippen LogP contribution in [0.1, 0.15) is 23.5 Å². The van der Waals surface area contributed by atoms with E-state index in [-0.39, 0.29) is 6.61 Å². The molecule has 0 unspecified atom stereocenters. The predicted molar refractivity (Wildman–Crippen MR) is 78.8 cm³/mol. The number of hydrogen-bond acceptors (Lipinski definition) is 9. The molecular formula is C13H17N3O9. The maximum absolute atomic E-state index is 12.0. The Hall–Kier alpha value is -2.54. The predicted octanol–water partition coefficient (Wildman–Crippen LogP) is -2.97. The third-order valence-corrected chi connectivity index (χ3v) is 3.49. The molecule has 0 saturated carbocycles. The topological polar surface area (TPSA) is 180 Å². The number of alkyl carbamates (subject to hydrolysis) is 1. The first-order chi connectivity index (χ1) is 11.8. The maximum Gasteiger partial charge on any atom is 0.414 e. The molecule has 2 amide bonds. The second-order valence-electron chi connectivity index (χ2n) is 5.11. The Morgan fingerprint density at radius 1 is 1.36 bits per heavy atom. The van der Waals surface area contributed by atoms with E-state index in [2.05, 4.69) is 4.74 Å². The quantitative estimate of drug-likeness (QED) is 0.375. The molecule has 138 valence electrons. The molecule has 4 atom stereocenters. The minimum Gasteiger partial charge on any atom is -0.450 e. The first-order valence-corrected chi connectivity index (χ1v) is 7.26. The summed E-state index contributed by atoms with van der Waals surface area (Å²) in [5.74, 6) is -1.14. The largest absolute Gasteiger partial charge is 0.450 e. The van der Waals surface area contributed by atoms with Crippen LogP contribution in [0.2, 0.25) is 0 Å². The van der Waals surface area contributed by atoms with Gasteiger partial charge >= 0.3 is 11.8 Å². The lowest BCUT2D eigenvalue weighted by atomic mass is 10.1. The minimum atomic E-state index is -1.60. The summed E-state index contributed by atoms with van der Waals surface area (Å²) in [6.07, 6.45) is -6.00. The van der Waals surface area contributed by atoms with Crippen LogP contribution in [0.3, 0.4) is 0 Å². The van der Waals surface area contributed by atoms with E-state index in [9.17, 15) is 29.4 Å². The average molecular weight is 359 g/mol. The van der Waals surface area contributed by atoms with Gasteiger partial charge in [0.05, 0.1) is 13.2 Å². The molecule has 1 aliphatic heterocycles. The lowest BCUT2D eigenvalue weighted by molar-refractivity contribution is -0.0551. The Morgan fingerprint density at radius 3 is 2.60 bits per heavy atom. The van der Waals surface area contributed by atoms with Gasteiger partial charge in [-0.2, -0.15) is 0 Å². The van der Waals surface area contributed by atoms with E-state index in [0.29, 0.717) is 4.57 Å². The number of imide groups is 1. The van der Waals surface area contributed by atoms with Crippen molar-refractivity contribution in [2.75, 3.05) is 13.2 Å². The van der Waals surface area contributed by atoms with Gasteiger partial charge in [-0.05, 0) is 6.92 Å². The van der Waals surface area contributed by atoms with E-state index >= 15 is 0 Å². The molecular weight excluding hydrogens is 342 g/mol. The first-order valence-electron chi connectivity index (χ1n) is 7.26. The van der Waals surface area contributed by atoms with Gasteiger partial charge in [0.2, 0.25) is 0 Å². The van der Waals surface area contributed by atoms with Crippen molar-refractivity contribution in [3.05, 3.63) is 32.6 Å². The van der Waals surface area contributed by atoms with Gasteiger partial charge in [0, 0.05) is 6.20 Å². The summed E-state index contributed by atoms with van der Waals surface area (Å²) < 4.78 is 10.3. The number of hydrogen-bond donors (Lipinski definition) is 5. The van der Waals surface area contributed by atoms with Crippen molar-refractivity contribution in [2.24, 2.45) is 0 Å². The number of rotatable bonds is 4. The Bertz CT molecular complexity index is 771. The second kappa shape index (κ2) is 7.57. The zero-order chi connectivity index (χ0) is 18.7. The molecule has 25 heavy (non-hydrogen) atoms. The molecule has 0 bridgehead atoms. The minimum absolute atomic E-state index is 0.00247. The fourth-order valence-corrected chi connectivity index (χ4v) is 2.27. The van der Waals surface area contributed by atoms with Crippen LogP contribution in [-0.4, -0.2) is 68.4 Å². The zero-order valence-electron chi connectivity index (χ0n) is 13.0. The van der Waals surface area contributed by atoms with E-state index in [0.717, 1.165) is 6.20 Å². The smallest absolute Gasteiger partial charge is 0.414 e. The Balaban J connectivity index is 2.35. The van der Waals surface area contributed by atoms with Gasteiger partial charge < -0.3 is 24.8 Å². The molecule has 12 nitrogen and oxygen atoms in total. The fourth-order valence-electron chi connectivity index (χ4n) is 2.27. The molecule has 1 fully saturated rings. The monoisotopic (exact) mass is 359 g/mol. The molecule has 5 N–H and O–H groups in total. The standard InChI is InChI=1S/C13H17N3O9/c1-2-24-13(23)15-10(21)5-3-16(12(22)14-9(5)20)11-8(19)7(18)6(4-17)25-11/h3,6-8,11,17-19H,2,4H2,1H3,(H,14,20,22)(H,15,21,23)/t6-,7+,8-,11+/m0/s1. The van der Waals surface area contributed by atoms with E-state index in [1.54, 1.807) is 5.32 Å². The number of nitrogens with one attached hydrogen (secondary N) is 2. The van der Waals surface area contributed by atoms with Gasteiger partial charge in [-0.15, -0.1) is 0 Å². The van der Waals surface area contributed by atoms with Crippen LogP contribution in [0, 0.1) is 0 Å². The Labute approximate surface area is 139 Å². The maximum atomic E-state index is 12.0. The molecule has 0 aliphatic carbocycles. The summed E-state index contributed by atoms with van der Waals surface area (Å²) in [4.78, 5) is 48.8. The molecule has 1 aliphatic rings. The van der Waals surface area contributed by atoms with E-state index in [4.69, 9.17) is 9.84 Å². The van der Waals surface area contributed by atoms with E-state index in [1.165, 1.54) is 6.92 Å². The van der Waals surface area contributed by atoms with Crippen LogP contribution in [0.15, 0.2) is 15.8 Å². The van der Waals surface area contributed by atoms with Crippen molar-refractivity contribution < 1.29 is 34.4 Å². The highest BCUT2D eigenvalue weighted by molar-refractivity contribution is 6.02. The number of ether oxygens (including phenoxy) is 2. The third kappa shape index (κ3) is 3.76. The van der Waals surface area contributed by atoms with Gasteiger partial charge in [-0.25, -0.2) is 9.59 Å². The molecule has 1 aromatic rings. The number of carbonyl (C=O) groups excluding carboxylic acids is 2. The van der Waals surface area contributed by atoms with Crippen LogP contribution < -0.4 is 16.6 Å². The van der Waals surface area contributed by atoms with Crippen LogP contribution in [0.25, 0.3) is 0 Å². The van der Waals surface area contributed by atoms with Gasteiger partial charge in [-0.3, -0.25) is 24.5 Å². The number of carbonyl (C=O) groups is 2. The first kappa shape index (κ1) is 18.8. The van der Waals surface area contributed by atoms with Crippen molar-refractivity contribution in [1.29, 1.82) is 0 Å². The van der Waals surface area contributed by atoms with Crippen LogP contribution >= 0.6 is 0 Å². The number of aliphatic hydroxyl groups excluding tert-OH is 3. The van der Waals surface area contributed by atoms with Gasteiger partial charge in [0.1, 0.15) is 23.9 Å². The number of nitrogens with zero attached hydrogens (tertiary/aromatic N) is 1. The second-order valence-corrected chi connectivity index (χ2v) is 5.11. The molecule has 1 aromatic heterocycles. The number of aromatic nitrogens is 2. The highest BCUT2D eigenvalue weighted by Crippen LogP contribution is 2.27. The van der Waals surface area contributed by atoms with Crippen LogP contribution in [0.4, 0.5) is 4.79 Å². The SMILES string of the molecule is CCOC(=O)NC(=O)c1cn([C@@H]2O[C@@H](CO)[C@@H](O)[C@@H]2O)c(=O)[nH]c1=O. The van der Waals surface area contributed by atoms with Gasteiger partial charge in [0.25, 0.3) is 11.5 Å². The molecule has 0 spiro atoms. The lowest BCUT2D eigenvalue weighted by Crippen LogP contribution is -2.42. The van der Waals surface area contributed by atoms with Gasteiger partial charge in [-0.1, -0.05) is 0 Å². The number of H-pyrrole nitrogens is 1. The van der Waals surface area contributed by atoms with E-state index < -0.39 is 60.0 Å². The Morgan fingerprint density at radius 2 is 2.04 bits per heavy atom. The molecule has 2 rings (SSSR count).